The van der Waals surface area contributed by atoms with Crippen LogP contribution in [0.5, 0.6) is 0 Å². The van der Waals surface area contributed by atoms with Gasteiger partial charge in [-0.2, -0.15) is 0 Å². The van der Waals surface area contributed by atoms with E-state index in [4.69, 9.17) is 4.74 Å². The van der Waals surface area contributed by atoms with Gasteiger partial charge < -0.3 is 10.1 Å². The maximum atomic E-state index is 5.10. The van der Waals surface area contributed by atoms with Crippen molar-refractivity contribution in [3.63, 3.8) is 0 Å². The van der Waals surface area contributed by atoms with Gasteiger partial charge in [0.15, 0.2) is 5.82 Å². The van der Waals surface area contributed by atoms with E-state index < -0.39 is 0 Å². The largest absolute Gasteiger partial charge is 0.385 e. The lowest BCUT2D eigenvalue weighted by atomic mass is 9.90. The van der Waals surface area contributed by atoms with Crippen molar-refractivity contribution in [1.82, 2.24) is 25.5 Å². The molecule has 0 spiro atoms. The Hall–Kier alpha value is -1.01. The number of hydrogen-bond donors (Lipinski definition) is 1. The van der Waals surface area contributed by atoms with E-state index >= 15 is 0 Å². The fourth-order valence-electron chi connectivity index (χ4n) is 1.49. The second kappa shape index (κ2) is 5.91. The summed E-state index contributed by atoms with van der Waals surface area (Å²) in [5.41, 5.74) is 0.133. The lowest BCUT2D eigenvalue weighted by Crippen LogP contribution is -2.25. The lowest BCUT2D eigenvalue weighted by Gasteiger charge is -2.24. The summed E-state index contributed by atoms with van der Waals surface area (Å²) in [6.45, 7) is 6.64. The van der Waals surface area contributed by atoms with E-state index in [1.807, 2.05) is 11.7 Å². The maximum absolute atomic E-state index is 5.10. The highest BCUT2D eigenvalue weighted by Gasteiger charge is 2.20. The monoisotopic (exact) mass is 227 g/mol. The second-order valence-corrected chi connectivity index (χ2v) is 4.69. The normalized spacial score (nSPS) is 12.0. The number of nitrogens with zero attached hydrogens (tertiary/aromatic N) is 4. The van der Waals surface area contributed by atoms with Gasteiger partial charge in [-0.3, -0.25) is 0 Å². The van der Waals surface area contributed by atoms with Crippen LogP contribution in [0.15, 0.2) is 0 Å². The molecule has 1 N–H and O–H groups in total. The molecule has 92 valence electrons. The van der Waals surface area contributed by atoms with Crippen molar-refractivity contribution in [3.8, 4) is 0 Å². The molecule has 0 saturated heterocycles. The summed E-state index contributed by atoms with van der Waals surface area (Å²) in [5.74, 6) is 0.869. The van der Waals surface area contributed by atoms with Gasteiger partial charge in [-0.1, -0.05) is 13.8 Å². The van der Waals surface area contributed by atoms with Crippen LogP contribution in [0.25, 0.3) is 0 Å². The average molecular weight is 227 g/mol. The minimum absolute atomic E-state index is 0.133. The Balaban J connectivity index is 2.60. The Morgan fingerprint density at radius 1 is 1.44 bits per heavy atom. The van der Waals surface area contributed by atoms with Crippen LogP contribution in [0.3, 0.4) is 0 Å². The van der Waals surface area contributed by atoms with Crippen LogP contribution in [-0.4, -0.2) is 41.0 Å². The highest BCUT2D eigenvalue weighted by molar-refractivity contribution is 4.82. The quantitative estimate of drug-likeness (QED) is 0.733. The van der Waals surface area contributed by atoms with Gasteiger partial charge in [0.1, 0.15) is 0 Å². The molecule has 16 heavy (non-hydrogen) atoms. The number of tetrazole rings is 1. The van der Waals surface area contributed by atoms with Gasteiger partial charge in [-0.15, -0.1) is 5.10 Å². The molecule has 0 amide bonds. The van der Waals surface area contributed by atoms with Crippen LogP contribution < -0.4 is 5.32 Å². The van der Waals surface area contributed by atoms with E-state index in [1.54, 1.807) is 7.11 Å². The second-order valence-electron chi connectivity index (χ2n) is 4.69. The molecule has 0 aliphatic heterocycles. The summed E-state index contributed by atoms with van der Waals surface area (Å²) in [6.07, 6.45) is 0.988. The van der Waals surface area contributed by atoms with Crippen LogP contribution in [0.2, 0.25) is 0 Å². The summed E-state index contributed by atoms with van der Waals surface area (Å²) in [5, 5.41) is 14.7. The molecule has 0 aromatic carbocycles. The first-order valence-electron chi connectivity index (χ1n) is 5.47. The van der Waals surface area contributed by atoms with Gasteiger partial charge in [0.25, 0.3) is 0 Å². The zero-order valence-electron chi connectivity index (χ0n) is 10.5. The summed E-state index contributed by atoms with van der Waals surface area (Å²) in [4.78, 5) is 0. The van der Waals surface area contributed by atoms with E-state index in [0.717, 1.165) is 25.4 Å². The minimum atomic E-state index is 0.133. The highest BCUT2D eigenvalue weighted by Crippen LogP contribution is 2.22. The maximum Gasteiger partial charge on any atom is 0.165 e. The molecule has 1 heterocycles. The van der Waals surface area contributed by atoms with Crippen molar-refractivity contribution in [2.24, 2.45) is 5.41 Å². The number of rotatable bonds is 7. The molecule has 0 bridgehead atoms. The molecule has 0 saturated carbocycles. The Morgan fingerprint density at radius 2 is 2.19 bits per heavy atom. The van der Waals surface area contributed by atoms with Gasteiger partial charge in [0.2, 0.25) is 0 Å². The molecule has 1 aromatic rings. The van der Waals surface area contributed by atoms with Gasteiger partial charge in [0.05, 0.1) is 13.1 Å². The Labute approximate surface area is 96.4 Å². The molecule has 6 nitrogen and oxygen atoms in total. The van der Waals surface area contributed by atoms with E-state index in [1.165, 1.54) is 0 Å². The van der Waals surface area contributed by atoms with E-state index in [9.17, 15) is 0 Å². The Kier molecular flexibility index (Phi) is 4.82. The Morgan fingerprint density at radius 3 is 2.81 bits per heavy atom. The number of methoxy groups -OCH3 is 1. The molecule has 6 heteroatoms. The smallest absolute Gasteiger partial charge is 0.165 e. The zero-order valence-corrected chi connectivity index (χ0v) is 10.5. The van der Waals surface area contributed by atoms with Crippen molar-refractivity contribution in [1.29, 1.82) is 0 Å². The molecule has 1 rings (SSSR count). The number of aromatic nitrogens is 4. The molecule has 0 aliphatic rings. The highest BCUT2D eigenvalue weighted by atomic mass is 16.5. The third-order valence-corrected chi connectivity index (χ3v) is 2.50. The summed E-state index contributed by atoms with van der Waals surface area (Å²) in [7, 11) is 3.61. The Bertz CT molecular complexity index is 310. The topological polar surface area (TPSA) is 64.9 Å². The van der Waals surface area contributed by atoms with Crippen LogP contribution >= 0.6 is 0 Å². The van der Waals surface area contributed by atoms with E-state index in [2.05, 4.69) is 34.7 Å². The first-order valence-corrected chi connectivity index (χ1v) is 5.47. The van der Waals surface area contributed by atoms with Crippen LogP contribution in [-0.2, 0) is 17.8 Å². The molecular formula is C10H21N5O. The van der Waals surface area contributed by atoms with E-state index in [-0.39, 0.29) is 5.41 Å². The van der Waals surface area contributed by atoms with Gasteiger partial charge in [-0.05, 0) is 29.3 Å². The lowest BCUT2D eigenvalue weighted by molar-refractivity contribution is 0.139. The molecule has 0 aliphatic carbocycles. The standard InChI is InChI=1S/C10H21N5O/c1-10(2,5-6-16-4)8-15-9(7-11-3)12-13-14-15/h11H,5-8H2,1-4H3. The first kappa shape index (κ1) is 13.1. The zero-order chi connectivity index (χ0) is 12.0. The average Bonchev–Trinajstić information content (AvgIpc) is 2.63. The van der Waals surface area contributed by atoms with Crippen LogP contribution in [0.4, 0.5) is 0 Å². The molecule has 0 fully saturated rings. The van der Waals surface area contributed by atoms with Gasteiger partial charge >= 0.3 is 0 Å². The predicted molar refractivity (Wildman–Crippen MR) is 60.9 cm³/mol. The van der Waals surface area contributed by atoms with Crippen molar-refractivity contribution < 1.29 is 4.74 Å². The first-order chi connectivity index (χ1) is 7.59. The fourth-order valence-corrected chi connectivity index (χ4v) is 1.49. The van der Waals surface area contributed by atoms with Gasteiger partial charge in [-0.25, -0.2) is 4.68 Å². The molecule has 0 radical (unpaired) electrons. The SMILES string of the molecule is CNCc1nnnn1CC(C)(C)CCOC. The summed E-state index contributed by atoms with van der Waals surface area (Å²) in [6, 6.07) is 0. The molecule has 0 atom stereocenters. The number of nitrogens with one attached hydrogen (secondary N) is 1. The van der Waals surface area contributed by atoms with Crippen molar-refractivity contribution in [2.45, 2.75) is 33.4 Å². The summed E-state index contributed by atoms with van der Waals surface area (Å²) < 4.78 is 6.95. The fraction of sp³-hybridized carbons (Fsp3) is 0.900. The molecular weight excluding hydrogens is 206 g/mol. The summed E-state index contributed by atoms with van der Waals surface area (Å²) >= 11 is 0. The number of ether oxygens (including phenoxy) is 1. The molecule has 1 aromatic heterocycles. The third kappa shape index (κ3) is 3.86. The van der Waals surface area contributed by atoms with Crippen molar-refractivity contribution in [3.05, 3.63) is 5.82 Å². The van der Waals surface area contributed by atoms with Gasteiger partial charge in [0, 0.05) is 13.7 Å². The van der Waals surface area contributed by atoms with Crippen molar-refractivity contribution in [2.75, 3.05) is 20.8 Å². The minimum Gasteiger partial charge on any atom is -0.385 e. The van der Waals surface area contributed by atoms with E-state index in [0.29, 0.717) is 6.54 Å². The third-order valence-electron chi connectivity index (χ3n) is 2.50. The van der Waals surface area contributed by atoms with Crippen molar-refractivity contribution >= 4 is 0 Å². The number of hydrogen-bond acceptors (Lipinski definition) is 5. The van der Waals surface area contributed by atoms with Crippen LogP contribution in [0.1, 0.15) is 26.1 Å². The predicted octanol–water partition coefficient (Wildman–Crippen LogP) is 0.455. The van der Waals surface area contributed by atoms with Crippen LogP contribution in [0, 0.1) is 5.41 Å². The molecule has 0 unspecified atom stereocenters.